The molecule has 0 unspecified atom stereocenters. The van der Waals surface area contributed by atoms with E-state index >= 15 is 0 Å². The quantitative estimate of drug-likeness (QED) is 0.495. The third kappa shape index (κ3) is 3.78. The predicted octanol–water partition coefficient (Wildman–Crippen LogP) is 1.39. The summed E-state index contributed by atoms with van der Waals surface area (Å²) in [7, 11) is 0. The number of pyridine rings is 2. The van der Waals surface area contributed by atoms with Gasteiger partial charge in [0, 0.05) is 18.6 Å². The molecule has 0 aliphatic heterocycles. The van der Waals surface area contributed by atoms with E-state index in [2.05, 4.69) is 20.6 Å². The minimum Gasteiger partial charge on any atom is -0.368 e. The summed E-state index contributed by atoms with van der Waals surface area (Å²) in [6.45, 7) is 1.72. The highest BCUT2D eigenvalue weighted by molar-refractivity contribution is 5.98. The highest BCUT2D eigenvalue weighted by Crippen LogP contribution is 2.24. The minimum atomic E-state index is -0.846. The van der Waals surface area contributed by atoms with Crippen LogP contribution >= 0.6 is 0 Å². The second-order valence-electron chi connectivity index (χ2n) is 5.82. The van der Waals surface area contributed by atoms with Crippen LogP contribution < -0.4 is 22.1 Å². The van der Waals surface area contributed by atoms with Crippen LogP contribution in [0.15, 0.2) is 36.8 Å². The van der Waals surface area contributed by atoms with Gasteiger partial charge >= 0.3 is 0 Å². The first-order valence-corrected chi connectivity index (χ1v) is 8.15. The molecule has 3 heterocycles. The summed E-state index contributed by atoms with van der Waals surface area (Å²) in [6, 6.07) is 3.64. The molecule has 0 radical (unpaired) electrons. The van der Waals surface area contributed by atoms with Gasteiger partial charge in [0.1, 0.15) is 17.5 Å². The number of nitrogens with one attached hydrogen (secondary N) is 2. The van der Waals surface area contributed by atoms with Crippen LogP contribution in [-0.4, -0.2) is 32.2 Å². The molecular weight excluding hydrogens is 353 g/mol. The number of hydrogen-bond acceptors (Lipinski definition) is 6. The number of primary amides is 2. The molecule has 3 rings (SSSR count). The van der Waals surface area contributed by atoms with Crippen molar-refractivity contribution < 1.29 is 14.0 Å². The SMILES string of the molecule is CC[C@@H](Nc1nc(Nc2ccc3nccn3c2)c(C(N)=O)cc1F)C(N)=O. The monoisotopic (exact) mass is 371 g/mol. The van der Waals surface area contributed by atoms with Crippen LogP contribution in [0.25, 0.3) is 5.65 Å². The summed E-state index contributed by atoms with van der Waals surface area (Å²) in [5.41, 5.74) is 11.8. The molecule has 0 aliphatic rings. The molecule has 27 heavy (non-hydrogen) atoms. The van der Waals surface area contributed by atoms with E-state index in [4.69, 9.17) is 11.5 Å². The Balaban J connectivity index is 1.99. The van der Waals surface area contributed by atoms with Crippen molar-refractivity contribution in [3.05, 3.63) is 48.2 Å². The zero-order valence-corrected chi connectivity index (χ0v) is 14.4. The van der Waals surface area contributed by atoms with Crippen LogP contribution in [0, 0.1) is 5.82 Å². The Morgan fingerprint density at radius 2 is 2.07 bits per heavy atom. The smallest absolute Gasteiger partial charge is 0.252 e. The summed E-state index contributed by atoms with van der Waals surface area (Å²) >= 11 is 0. The average Bonchev–Trinajstić information content (AvgIpc) is 3.08. The molecule has 0 saturated carbocycles. The van der Waals surface area contributed by atoms with Crippen molar-refractivity contribution in [2.45, 2.75) is 19.4 Å². The summed E-state index contributed by atoms with van der Waals surface area (Å²) in [4.78, 5) is 31.3. The summed E-state index contributed by atoms with van der Waals surface area (Å²) in [5.74, 6) is -2.47. The lowest BCUT2D eigenvalue weighted by Crippen LogP contribution is -2.35. The average molecular weight is 371 g/mol. The molecule has 0 aliphatic carbocycles. The van der Waals surface area contributed by atoms with Gasteiger partial charge < -0.3 is 26.5 Å². The Hall–Kier alpha value is -3.69. The van der Waals surface area contributed by atoms with Crippen molar-refractivity contribution in [3.8, 4) is 0 Å². The third-order valence-corrected chi connectivity index (χ3v) is 3.96. The Morgan fingerprint density at radius 1 is 1.30 bits per heavy atom. The molecule has 3 aromatic heterocycles. The molecule has 10 heteroatoms. The molecule has 0 saturated heterocycles. The van der Waals surface area contributed by atoms with Gasteiger partial charge in [0.25, 0.3) is 5.91 Å². The topological polar surface area (TPSA) is 140 Å². The van der Waals surface area contributed by atoms with Crippen molar-refractivity contribution >= 4 is 34.8 Å². The maximum Gasteiger partial charge on any atom is 0.252 e. The summed E-state index contributed by atoms with van der Waals surface area (Å²) in [6.07, 6.45) is 5.46. The van der Waals surface area contributed by atoms with Crippen molar-refractivity contribution in [3.63, 3.8) is 0 Å². The number of carbonyl (C=O) groups is 2. The van der Waals surface area contributed by atoms with Gasteiger partial charge in [-0.05, 0) is 24.6 Å². The van der Waals surface area contributed by atoms with Gasteiger partial charge in [0.05, 0.1) is 11.3 Å². The number of nitrogens with two attached hydrogens (primary N) is 2. The van der Waals surface area contributed by atoms with E-state index in [1.165, 1.54) is 0 Å². The largest absolute Gasteiger partial charge is 0.368 e. The Kier molecular flexibility index (Phi) is 4.88. The van der Waals surface area contributed by atoms with Crippen molar-refractivity contribution in [1.29, 1.82) is 0 Å². The lowest BCUT2D eigenvalue weighted by Gasteiger charge is -2.17. The van der Waals surface area contributed by atoms with Crippen LogP contribution in [-0.2, 0) is 4.79 Å². The second kappa shape index (κ2) is 7.28. The molecule has 9 nitrogen and oxygen atoms in total. The highest BCUT2D eigenvalue weighted by Gasteiger charge is 2.20. The maximum atomic E-state index is 14.3. The first-order chi connectivity index (χ1) is 12.9. The van der Waals surface area contributed by atoms with Crippen LogP contribution in [0.1, 0.15) is 23.7 Å². The lowest BCUT2D eigenvalue weighted by molar-refractivity contribution is -0.118. The Bertz CT molecular complexity index is 1020. The van der Waals surface area contributed by atoms with Gasteiger partial charge in [-0.3, -0.25) is 9.59 Å². The fourth-order valence-electron chi connectivity index (χ4n) is 2.54. The number of hydrogen-bond donors (Lipinski definition) is 4. The molecular formula is C17H18FN7O2. The van der Waals surface area contributed by atoms with Crippen LogP contribution in [0.3, 0.4) is 0 Å². The summed E-state index contributed by atoms with van der Waals surface area (Å²) in [5, 5.41) is 5.59. The lowest BCUT2D eigenvalue weighted by atomic mass is 10.2. The van der Waals surface area contributed by atoms with Gasteiger partial charge in [-0.15, -0.1) is 0 Å². The number of amides is 2. The van der Waals surface area contributed by atoms with Crippen molar-refractivity contribution in [2.75, 3.05) is 10.6 Å². The van der Waals surface area contributed by atoms with E-state index < -0.39 is 23.7 Å². The fraction of sp³-hybridized carbons (Fsp3) is 0.176. The second-order valence-corrected chi connectivity index (χ2v) is 5.82. The number of nitrogens with zero attached hydrogens (tertiary/aromatic N) is 3. The van der Waals surface area contributed by atoms with Gasteiger partial charge in [0.15, 0.2) is 11.6 Å². The standard InChI is InChI=1S/C17H18FN7O2/c1-2-12(15(20)27)23-17-11(18)7-10(14(19)26)16(24-17)22-9-3-4-13-21-5-6-25(13)8-9/h3-8,12H,2H2,1H3,(H2,19,26)(H2,20,27)(H2,22,23,24)/t12-/m1/s1. The first-order valence-electron chi connectivity index (χ1n) is 8.15. The molecule has 0 fully saturated rings. The number of rotatable bonds is 7. The zero-order valence-electron chi connectivity index (χ0n) is 14.4. The number of aromatic nitrogens is 3. The fourth-order valence-corrected chi connectivity index (χ4v) is 2.54. The molecule has 0 spiro atoms. The number of carbonyl (C=O) groups excluding carboxylic acids is 2. The van der Waals surface area contributed by atoms with Crippen molar-refractivity contribution in [1.82, 2.24) is 14.4 Å². The Labute approximate surface area is 153 Å². The number of halogens is 1. The van der Waals surface area contributed by atoms with Gasteiger partial charge in [-0.2, -0.15) is 0 Å². The van der Waals surface area contributed by atoms with Crippen LogP contribution in [0.2, 0.25) is 0 Å². The van der Waals surface area contributed by atoms with E-state index in [0.717, 1.165) is 11.7 Å². The van der Waals surface area contributed by atoms with Crippen LogP contribution in [0.5, 0.6) is 0 Å². The molecule has 0 bridgehead atoms. The molecule has 140 valence electrons. The minimum absolute atomic E-state index is 0.0465. The summed E-state index contributed by atoms with van der Waals surface area (Å²) < 4.78 is 16.1. The van der Waals surface area contributed by atoms with E-state index in [1.807, 2.05) is 0 Å². The van der Waals surface area contributed by atoms with E-state index in [0.29, 0.717) is 12.1 Å². The number of anilines is 3. The number of fused-ring (bicyclic) bond motifs is 1. The predicted molar refractivity (Wildman–Crippen MR) is 98.1 cm³/mol. The molecule has 1 atom stereocenters. The molecule has 0 aromatic carbocycles. The maximum absolute atomic E-state index is 14.3. The zero-order chi connectivity index (χ0) is 19.6. The van der Waals surface area contributed by atoms with Gasteiger partial charge in [-0.25, -0.2) is 14.4 Å². The third-order valence-electron chi connectivity index (χ3n) is 3.96. The Morgan fingerprint density at radius 3 is 2.74 bits per heavy atom. The van der Waals surface area contributed by atoms with Crippen molar-refractivity contribution in [2.24, 2.45) is 11.5 Å². The highest BCUT2D eigenvalue weighted by atomic mass is 19.1. The number of imidazole rings is 1. The van der Waals surface area contributed by atoms with E-state index in [9.17, 15) is 14.0 Å². The van der Waals surface area contributed by atoms with Gasteiger partial charge in [-0.1, -0.05) is 6.92 Å². The first kappa shape index (κ1) is 18.1. The molecule has 6 N–H and O–H groups in total. The van der Waals surface area contributed by atoms with E-state index in [-0.39, 0.29) is 17.2 Å². The molecule has 2 amide bonds. The van der Waals surface area contributed by atoms with E-state index in [1.54, 1.807) is 42.0 Å². The van der Waals surface area contributed by atoms with Gasteiger partial charge in [0.2, 0.25) is 5.91 Å². The van der Waals surface area contributed by atoms with Crippen LogP contribution in [0.4, 0.5) is 21.7 Å². The normalized spacial score (nSPS) is 11.9. The molecule has 3 aromatic rings.